The lowest BCUT2D eigenvalue weighted by Crippen LogP contribution is -2.50. The summed E-state index contributed by atoms with van der Waals surface area (Å²) in [5.41, 5.74) is -0.0522. The van der Waals surface area contributed by atoms with Gasteiger partial charge in [-0.1, -0.05) is 13.8 Å². The van der Waals surface area contributed by atoms with Gasteiger partial charge in [0.1, 0.15) is 0 Å². The lowest BCUT2D eigenvalue weighted by Gasteiger charge is -2.31. The van der Waals surface area contributed by atoms with Gasteiger partial charge in [0.15, 0.2) is 0 Å². The van der Waals surface area contributed by atoms with Crippen LogP contribution >= 0.6 is 12.4 Å². The van der Waals surface area contributed by atoms with Crippen molar-refractivity contribution in [3.05, 3.63) is 0 Å². The molecule has 1 amide bonds. The molecule has 1 heterocycles. The molecule has 1 aliphatic rings. The highest BCUT2D eigenvalue weighted by molar-refractivity contribution is 5.85. The molecule has 0 unspecified atom stereocenters. The van der Waals surface area contributed by atoms with Gasteiger partial charge in [0.25, 0.3) is 0 Å². The summed E-state index contributed by atoms with van der Waals surface area (Å²) in [5, 5.41) is 3.12. The molecule has 1 fully saturated rings. The molecule has 1 saturated heterocycles. The topological polar surface area (TPSA) is 41.6 Å². The van der Waals surface area contributed by atoms with Crippen molar-refractivity contribution in [2.75, 3.05) is 32.8 Å². The molecule has 0 aromatic heterocycles. The van der Waals surface area contributed by atoms with E-state index in [1.54, 1.807) is 0 Å². The Hall–Kier alpha value is -0.320. The summed E-state index contributed by atoms with van der Waals surface area (Å²) >= 11 is 0. The van der Waals surface area contributed by atoms with Crippen LogP contribution in [0.2, 0.25) is 0 Å². The van der Waals surface area contributed by atoms with Gasteiger partial charge in [0.05, 0.1) is 19.8 Å². The fraction of sp³-hybridized carbons (Fsp3) is 0.917. The standard InChI is InChI=1S/C12H24N2O2.ClH/c1-4-12(3,5-2)13-11(15)10-14-6-8-16-9-7-14;/h4-10H2,1-3H3,(H,13,15);1H. The molecular weight excluding hydrogens is 240 g/mol. The summed E-state index contributed by atoms with van der Waals surface area (Å²) in [6, 6.07) is 0. The monoisotopic (exact) mass is 264 g/mol. The van der Waals surface area contributed by atoms with Crippen LogP contribution in [-0.2, 0) is 9.53 Å². The molecule has 0 radical (unpaired) electrons. The number of amides is 1. The number of ether oxygens (including phenoxy) is 1. The van der Waals surface area contributed by atoms with E-state index in [2.05, 4.69) is 31.0 Å². The third-order valence-corrected chi connectivity index (χ3v) is 3.47. The Morgan fingerprint density at radius 2 is 1.82 bits per heavy atom. The summed E-state index contributed by atoms with van der Waals surface area (Å²) in [4.78, 5) is 14.0. The Labute approximate surface area is 110 Å². The van der Waals surface area contributed by atoms with Crippen LogP contribution < -0.4 is 5.32 Å². The molecule has 0 aromatic rings. The number of carbonyl (C=O) groups excluding carboxylic acids is 1. The molecule has 1 rings (SSSR count). The van der Waals surface area contributed by atoms with Crippen molar-refractivity contribution in [3.8, 4) is 0 Å². The molecule has 0 atom stereocenters. The number of hydrogen-bond donors (Lipinski definition) is 1. The van der Waals surface area contributed by atoms with Crippen LogP contribution in [0.25, 0.3) is 0 Å². The number of halogens is 1. The van der Waals surface area contributed by atoms with Crippen molar-refractivity contribution in [3.63, 3.8) is 0 Å². The largest absolute Gasteiger partial charge is 0.379 e. The smallest absolute Gasteiger partial charge is 0.234 e. The number of nitrogens with one attached hydrogen (secondary N) is 1. The van der Waals surface area contributed by atoms with E-state index in [9.17, 15) is 4.79 Å². The Morgan fingerprint density at radius 3 is 2.29 bits per heavy atom. The van der Waals surface area contributed by atoms with Crippen molar-refractivity contribution in [1.29, 1.82) is 0 Å². The molecule has 0 aliphatic carbocycles. The van der Waals surface area contributed by atoms with E-state index in [-0.39, 0.29) is 23.9 Å². The van der Waals surface area contributed by atoms with E-state index in [1.165, 1.54) is 0 Å². The third kappa shape index (κ3) is 5.70. The zero-order valence-corrected chi connectivity index (χ0v) is 11.9. The van der Waals surface area contributed by atoms with E-state index in [4.69, 9.17) is 4.74 Å². The lowest BCUT2D eigenvalue weighted by atomic mass is 9.95. The SMILES string of the molecule is CCC(C)(CC)NC(=O)CN1CCOCC1.Cl. The van der Waals surface area contributed by atoms with Gasteiger partial charge in [0, 0.05) is 18.6 Å². The van der Waals surface area contributed by atoms with Crippen LogP contribution in [0.15, 0.2) is 0 Å². The predicted octanol–water partition coefficient (Wildman–Crippen LogP) is 1.44. The van der Waals surface area contributed by atoms with E-state index >= 15 is 0 Å². The molecular formula is C12H25ClN2O2. The number of rotatable bonds is 5. The van der Waals surface area contributed by atoms with Crippen LogP contribution in [0.3, 0.4) is 0 Å². The van der Waals surface area contributed by atoms with Crippen LogP contribution in [0.5, 0.6) is 0 Å². The second kappa shape index (κ2) is 7.90. The summed E-state index contributed by atoms with van der Waals surface area (Å²) in [7, 11) is 0. The fourth-order valence-corrected chi connectivity index (χ4v) is 1.77. The maximum absolute atomic E-state index is 11.9. The van der Waals surface area contributed by atoms with Crippen LogP contribution in [0.4, 0.5) is 0 Å². The van der Waals surface area contributed by atoms with E-state index in [0.29, 0.717) is 6.54 Å². The molecule has 102 valence electrons. The zero-order valence-electron chi connectivity index (χ0n) is 11.1. The van der Waals surface area contributed by atoms with Gasteiger partial charge >= 0.3 is 0 Å². The van der Waals surface area contributed by atoms with E-state index < -0.39 is 0 Å². The number of nitrogens with zero attached hydrogens (tertiary/aromatic N) is 1. The normalized spacial score (nSPS) is 17.4. The first kappa shape index (κ1) is 16.7. The van der Waals surface area contributed by atoms with Crippen molar-refractivity contribution < 1.29 is 9.53 Å². The Balaban J connectivity index is 0.00000256. The fourth-order valence-electron chi connectivity index (χ4n) is 1.77. The van der Waals surface area contributed by atoms with Crippen molar-refractivity contribution in [2.24, 2.45) is 0 Å². The number of carbonyl (C=O) groups is 1. The first-order valence-electron chi connectivity index (χ1n) is 6.21. The van der Waals surface area contributed by atoms with Gasteiger partial charge in [-0.15, -0.1) is 12.4 Å². The molecule has 1 N–H and O–H groups in total. The number of hydrogen-bond acceptors (Lipinski definition) is 3. The first-order valence-corrected chi connectivity index (χ1v) is 6.21. The lowest BCUT2D eigenvalue weighted by molar-refractivity contribution is -0.125. The minimum absolute atomic E-state index is 0. The van der Waals surface area contributed by atoms with Crippen molar-refractivity contribution >= 4 is 18.3 Å². The van der Waals surface area contributed by atoms with Crippen LogP contribution in [-0.4, -0.2) is 49.2 Å². The average molecular weight is 265 g/mol. The Morgan fingerprint density at radius 1 is 1.29 bits per heavy atom. The van der Waals surface area contributed by atoms with Gasteiger partial charge < -0.3 is 10.1 Å². The highest BCUT2D eigenvalue weighted by atomic mass is 35.5. The molecule has 4 nitrogen and oxygen atoms in total. The maximum atomic E-state index is 11.9. The summed E-state index contributed by atoms with van der Waals surface area (Å²) in [5.74, 6) is 0.133. The van der Waals surface area contributed by atoms with Gasteiger partial charge in [-0.05, 0) is 19.8 Å². The number of morpholine rings is 1. The first-order chi connectivity index (χ1) is 7.59. The highest BCUT2D eigenvalue weighted by Gasteiger charge is 2.23. The summed E-state index contributed by atoms with van der Waals surface area (Å²) in [6.07, 6.45) is 1.94. The summed E-state index contributed by atoms with van der Waals surface area (Å²) < 4.78 is 5.25. The van der Waals surface area contributed by atoms with Gasteiger partial charge in [0.2, 0.25) is 5.91 Å². The predicted molar refractivity (Wildman–Crippen MR) is 71.6 cm³/mol. The Kier molecular flexibility index (Phi) is 7.75. The second-order valence-corrected chi connectivity index (χ2v) is 4.70. The molecule has 0 saturated carbocycles. The van der Waals surface area contributed by atoms with Crippen LogP contribution in [0, 0.1) is 0 Å². The van der Waals surface area contributed by atoms with Gasteiger partial charge in [-0.3, -0.25) is 9.69 Å². The van der Waals surface area contributed by atoms with E-state index in [0.717, 1.165) is 39.1 Å². The van der Waals surface area contributed by atoms with Gasteiger partial charge in [-0.2, -0.15) is 0 Å². The molecule has 0 aromatic carbocycles. The summed E-state index contributed by atoms with van der Waals surface area (Å²) in [6.45, 7) is 10.0. The van der Waals surface area contributed by atoms with Crippen molar-refractivity contribution in [2.45, 2.75) is 39.2 Å². The minimum Gasteiger partial charge on any atom is -0.379 e. The quantitative estimate of drug-likeness (QED) is 0.817. The molecule has 1 aliphatic heterocycles. The third-order valence-electron chi connectivity index (χ3n) is 3.47. The van der Waals surface area contributed by atoms with Gasteiger partial charge in [-0.25, -0.2) is 0 Å². The van der Waals surface area contributed by atoms with Crippen molar-refractivity contribution in [1.82, 2.24) is 10.2 Å². The van der Waals surface area contributed by atoms with E-state index in [1.807, 2.05) is 0 Å². The highest BCUT2D eigenvalue weighted by Crippen LogP contribution is 2.13. The molecule has 0 bridgehead atoms. The molecule has 0 spiro atoms. The zero-order chi connectivity index (χ0) is 12.0. The van der Waals surface area contributed by atoms with Crippen LogP contribution in [0.1, 0.15) is 33.6 Å². The molecule has 5 heteroatoms. The maximum Gasteiger partial charge on any atom is 0.234 e. The second-order valence-electron chi connectivity index (χ2n) is 4.70. The average Bonchev–Trinajstić information content (AvgIpc) is 2.30. The Bertz CT molecular complexity index is 227. The molecule has 17 heavy (non-hydrogen) atoms. The minimum atomic E-state index is -0.0522.